The van der Waals surface area contributed by atoms with Crippen molar-refractivity contribution in [1.29, 1.82) is 0 Å². The SMILES string of the molecule is Cc1cc(CN(Cc2cc3c(C)nn(C)c3nc2N(CC2CC2)C2CCCC2)c2nnn(C)n2)cc(C(F)(F)F)c1. The Morgan fingerprint density at radius 3 is 2.37 bits per heavy atom. The molecule has 4 aromatic rings. The van der Waals surface area contributed by atoms with E-state index in [1.807, 2.05) is 23.6 Å². The first-order valence-electron chi connectivity index (χ1n) is 14.3. The Bertz CT molecular complexity index is 1550. The van der Waals surface area contributed by atoms with E-state index in [9.17, 15) is 13.2 Å². The van der Waals surface area contributed by atoms with Crippen LogP contribution in [-0.4, -0.2) is 47.6 Å². The van der Waals surface area contributed by atoms with Gasteiger partial charge in [-0.25, -0.2) is 4.98 Å². The van der Waals surface area contributed by atoms with Gasteiger partial charge in [0.25, 0.3) is 5.95 Å². The summed E-state index contributed by atoms with van der Waals surface area (Å²) in [6.07, 6.45) is 2.72. The van der Waals surface area contributed by atoms with E-state index in [1.54, 1.807) is 20.0 Å². The highest BCUT2D eigenvalue weighted by Gasteiger charge is 2.34. The Balaban J connectivity index is 1.44. The van der Waals surface area contributed by atoms with Crippen LogP contribution in [0.2, 0.25) is 0 Å². The summed E-state index contributed by atoms with van der Waals surface area (Å²) in [6.45, 7) is 5.17. The average Bonchev–Trinajstić information content (AvgIpc) is 3.25. The molecular weight excluding hydrogens is 531 g/mol. The summed E-state index contributed by atoms with van der Waals surface area (Å²) in [7, 11) is 3.59. The van der Waals surface area contributed by atoms with E-state index >= 15 is 0 Å². The molecule has 0 N–H and O–H groups in total. The number of pyridine rings is 1. The number of hydrogen-bond acceptors (Lipinski definition) is 7. The number of nitrogens with zero attached hydrogens (tertiary/aromatic N) is 9. The smallest absolute Gasteiger partial charge is 0.353 e. The number of hydrogen-bond donors (Lipinski definition) is 0. The van der Waals surface area contributed by atoms with Crippen LogP contribution < -0.4 is 9.80 Å². The van der Waals surface area contributed by atoms with Gasteiger partial charge in [-0.05, 0) is 74.4 Å². The lowest BCUT2D eigenvalue weighted by Gasteiger charge is -2.33. The molecule has 0 radical (unpaired) electrons. The third-order valence-corrected chi connectivity index (χ3v) is 8.22. The lowest BCUT2D eigenvalue weighted by atomic mass is 10.0. The van der Waals surface area contributed by atoms with Crippen LogP contribution in [0.1, 0.15) is 66.5 Å². The molecule has 3 heterocycles. The molecule has 3 aromatic heterocycles. The van der Waals surface area contributed by atoms with Gasteiger partial charge >= 0.3 is 6.18 Å². The first-order chi connectivity index (χ1) is 19.5. The molecule has 6 rings (SSSR count). The summed E-state index contributed by atoms with van der Waals surface area (Å²) in [4.78, 5) is 11.0. The van der Waals surface area contributed by atoms with E-state index in [1.165, 1.54) is 42.6 Å². The zero-order valence-corrected chi connectivity index (χ0v) is 24.0. The van der Waals surface area contributed by atoms with Crippen LogP contribution in [0.3, 0.4) is 0 Å². The van der Waals surface area contributed by atoms with Gasteiger partial charge in [0, 0.05) is 43.7 Å². The van der Waals surface area contributed by atoms with Gasteiger partial charge < -0.3 is 9.80 Å². The number of tetrazole rings is 1. The molecule has 0 spiro atoms. The molecule has 2 aliphatic carbocycles. The van der Waals surface area contributed by atoms with Crippen molar-refractivity contribution in [3.05, 3.63) is 52.2 Å². The van der Waals surface area contributed by atoms with Crippen LogP contribution in [0.15, 0.2) is 24.3 Å². The molecule has 2 fully saturated rings. The van der Waals surface area contributed by atoms with Gasteiger partial charge in [-0.15, -0.1) is 5.10 Å². The zero-order chi connectivity index (χ0) is 28.9. The van der Waals surface area contributed by atoms with Crippen molar-refractivity contribution < 1.29 is 13.2 Å². The molecule has 12 heteroatoms. The topological polar surface area (TPSA) is 80.8 Å². The summed E-state index contributed by atoms with van der Waals surface area (Å²) in [5.74, 6) is 1.94. The maximum atomic E-state index is 13.7. The van der Waals surface area contributed by atoms with Crippen LogP contribution in [0, 0.1) is 19.8 Å². The van der Waals surface area contributed by atoms with Crippen molar-refractivity contribution in [2.75, 3.05) is 16.3 Å². The first kappa shape index (κ1) is 27.5. The maximum absolute atomic E-state index is 13.7. The van der Waals surface area contributed by atoms with Gasteiger partial charge in [-0.3, -0.25) is 4.68 Å². The maximum Gasteiger partial charge on any atom is 0.416 e. The predicted octanol–water partition coefficient (Wildman–Crippen LogP) is 5.49. The first-order valence-corrected chi connectivity index (χ1v) is 14.3. The van der Waals surface area contributed by atoms with E-state index in [0.29, 0.717) is 35.6 Å². The summed E-state index contributed by atoms with van der Waals surface area (Å²) in [5.41, 5.74) is 3.12. The standard InChI is InChI=1S/C29H36F3N9/c1-18-11-21(13-23(12-18)29(30,31)32)15-40(28-34-37-39(4)36-28)17-22-14-25-19(2)35-38(3)27(25)33-26(22)41(16-20-9-10-20)24-7-5-6-8-24/h11-14,20,24H,5-10,15-17H2,1-4H3. The Labute approximate surface area is 237 Å². The summed E-state index contributed by atoms with van der Waals surface area (Å²) in [5, 5.41) is 18.3. The number of fused-ring (bicyclic) bond motifs is 1. The molecule has 0 amide bonds. The lowest BCUT2D eigenvalue weighted by molar-refractivity contribution is -0.137. The minimum atomic E-state index is -4.43. The fraction of sp³-hybridized carbons (Fsp3) is 0.552. The second-order valence-electron chi connectivity index (χ2n) is 11.7. The van der Waals surface area contributed by atoms with Gasteiger partial charge in [-0.2, -0.15) is 23.1 Å². The van der Waals surface area contributed by atoms with Crippen LogP contribution in [0.25, 0.3) is 11.0 Å². The largest absolute Gasteiger partial charge is 0.416 e. The van der Waals surface area contributed by atoms with Gasteiger partial charge in [0.2, 0.25) is 0 Å². The highest BCUT2D eigenvalue weighted by Crippen LogP contribution is 2.38. The lowest BCUT2D eigenvalue weighted by Crippen LogP contribution is -2.37. The van der Waals surface area contributed by atoms with Crippen molar-refractivity contribution in [3.63, 3.8) is 0 Å². The number of aromatic nitrogens is 7. The molecule has 0 atom stereocenters. The molecule has 2 aliphatic rings. The molecule has 0 aliphatic heterocycles. The minimum absolute atomic E-state index is 0.187. The molecule has 2 saturated carbocycles. The zero-order valence-electron chi connectivity index (χ0n) is 24.0. The van der Waals surface area contributed by atoms with E-state index in [-0.39, 0.29) is 6.54 Å². The molecule has 9 nitrogen and oxygen atoms in total. The number of halogens is 3. The predicted molar refractivity (Wildman–Crippen MR) is 150 cm³/mol. The fourth-order valence-electron chi connectivity index (χ4n) is 6.08. The number of anilines is 2. The van der Waals surface area contributed by atoms with Crippen molar-refractivity contribution in [3.8, 4) is 0 Å². The van der Waals surface area contributed by atoms with Crippen molar-refractivity contribution >= 4 is 22.8 Å². The van der Waals surface area contributed by atoms with Gasteiger partial charge in [0.1, 0.15) is 5.82 Å². The van der Waals surface area contributed by atoms with Crippen molar-refractivity contribution in [1.82, 2.24) is 35.0 Å². The average molecular weight is 568 g/mol. The summed E-state index contributed by atoms with van der Waals surface area (Å²) >= 11 is 0. The molecule has 0 bridgehead atoms. The van der Waals surface area contributed by atoms with Crippen molar-refractivity contribution in [2.45, 2.75) is 77.7 Å². The van der Waals surface area contributed by atoms with Crippen LogP contribution in [0.5, 0.6) is 0 Å². The number of aryl methyl sites for hydroxylation is 4. The molecule has 0 saturated heterocycles. The molecule has 0 unspecified atom stereocenters. The number of rotatable bonds is 9. The monoisotopic (exact) mass is 567 g/mol. The van der Waals surface area contributed by atoms with E-state index in [0.717, 1.165) is 47.5 Å². The second-order valence-corrected chi connectivity index (χ2v) is 11.7. The number of benzene rings is 1. The van der Waals surface area contributed by atoms with Crippen LogP contribution in [0.4, 0.5) is 24.9 Å². The third kappa shape index (κ3) is 5.87. The Morgan fingerprint density at radius 2 is 1.71 bits per heavy atom. The van der Waals surface area contributed by atoms with E-state index < -0.39 is 11.7 Å². The van der Waals surface area contributed by atoms with Gasteiger partial charge in [0.15, 0.2) is 5.65 Å². The summed E-state index contributed by atoms with van der Waals surface area (Å²) in [6, 6.07) is 6.73. The third-order valence-electron chi connectivity index (χ3n) is 8.22. The minimum Gasteiger partial charge on any atom is -0.353 e. The molecule has 218 valence electrons. The molecular formula is C29H36F3N9. The Hall–Kier alpha value is -3.70. The Kier molecular flexibility index (Phi) is 7.11. The van der Waals surface area contributed by atoms with Gasteiger partial charge in [0.05, 0.1) is 18.3 Å². The van der Waals surface area contributed by atoms with Gasteiger partial charge in [-0.1, -0.05) is 29.6 Å². The van der Waals surface area contributed by atoms with E-state index in [2.05, 4.69) is 31.5 Å². The fourth-order valence-corrected chi connectivity index (χ4v) is 6.08. The Morgan fingerprint density at radius 1 is 0.951 bits per heavy atom. The highest BCUT2D eigenvalue weighted by molar-refractivity contribution is 5.82. The molecule has 1 aromatic carbocycles. The molecule has 41 heavy (non-hydrogen) atoms. The second kappa shape index (κ2) is 10.6. The van der Waals surface area contributed by atoms with Crippen LogP contribution >= 0.6 is 0 Å². The van der Waals surface area contributed by atoms with E-state index in [4.69, 9.17) is 4.98 Å². The summed E-state index contributed by atoms with van der Waals surface area (Å²) < 4.78 is 42.8. The highest BCUT2D eigenvalue weighted by atomic mass is 19.4. The number of alkyl halides is 3. The normalized spacial score (nSPS) is 16.2. The van der Waals surface area contributed by atoms with Crippen LogP contribution in [-0.2, 0) is 33.4 Å². The van der Waals surface area contributed by atoms with Crippen molar-refractivity contribution in [2.24, 2.45) is 20.0 Å². The quantitative estimate of drug-likeness (QED) is 0.265.